The van der Waals surface area contributed by atoms with Gasteiger partial charge in [-0.1, -0.05) is 18.2 Å². The highest BCUT2D eigenvalue weighted by molar-refractivity contribution is 5.96. The Morgan fingerprint density at radius 2 is 1.77 bits per heavy atom. The van der Waals surface area contributed by atoms with Crippen molar-refractivity contribution in [3.05, 3.63) is 48.0 Å². The highest BCUT2D eigenvalue weighted by atomic mass is 16.6. The van der Waals surface area contributed by atoms with Gasteiger partial charge in [0.05, 0.1) is 25.9 Å². The maximum absolute atomic E-state index is 12.9. The molecular weight excluding hydrogens is 452 g/mol. The molecule has 0 spiro atoms. The van der Waals surface area contributed by atoms with Gasteiger partial charge in [0.2, 0.25) is 17.9 Å². The minimum atomic E-state index is -0.676. The van der Waals surface area contributed by atoms with Crippen molar-refractivity contribution >= 4 is 23.4 Å². The first-order valence-electron chi connectivity index (χ1n) is 11.5. The van der Waals surface area contributed by atoms with E-state index in [1.807, 2.05) is 42.2 Å². The molecule has 0 bridgehead atoms. The number of nitrogens with one attached hydrogen (secondary N) is 2. The van der Waals surface area contributed by atoms with Crippen molar-refractivity contribution < 1.29 is 28.6 Å². The van der Waals surface area contributed by atoms with Gasteiger partial charge < -0.3 is 29.7 Å². The molecule has 1 atom stereocenters. The maximum Gasteiger partial charge on any atom is 0.267 e. The SMILES string of the molecule is COc1ccc(C)cc1NC(=O)CNC(=O)CN1CCN(C(=O)C2COc3ccccc3O2)CC1. The highest BCUT2D eigenvalue weighted by Gasteiger charge is 2.32. The number of rotatable bonds is 7. The summed E-state index contributed by atoms with van der Waals surface area (Å²) in [6, 6.07) is 12.8. The molecule has 2 aliphatic rings. The molecule has 2 aromatic rings. The summed E-state index contributed by atoms with van der Waals surface area (Å²) in [6.07, 6.45) is -0.676. The second-order valence-corrected chi connectivity index (χ2v) is 8.49. The number of amides is 3. The van der Waals surface area contributed by atoms with E-state index in [1.165, 1.54) is 7.11 Å². The van der Waals surface area contributed by atoms with Gasteiger partial charge in [0.25, 0.3) is 5.91 Å². The van der Waals surface area contributed by atoms with Gasteiger partial charge in [0, 0.05) is 26.2 Å². The minimum Gasteiger partial charge on any atom is -0.495 e. The summed E-state index contributed by atoms with van der Waals surface area (Å²) >= 11 is 0. The number of hydrogen-bond donors (Lipinski definition) is 2. The Morgan fingerprint density at radius 3 is 2.51 bits per heavy atom. The molecule has 186 valence electrons. The van der Waals surface area contributed by atoms with Gasteiger partial charge in [-0.3, -0.25) is 19.3 Å². The van der Waals surface area contributed by atoms with Crippen LogP contribution in [0.5, 0.6) is 17.2 Å². The molecule has 1 unspecified atom stereocenters. The summed E-state index contributed by atoms with van der Waals surface area (Å²) in [5, 5.41) is 5.41. The van der Waals surface area contributed by atoms with Gasteiger partial charge in [-0.15, -0.1) is 0 Å². The van der Waals surface area contributed by atoms with E-state index >= 15 is 0 Å². The van der Waals surface area contributed by atoms with Crippen molar-refractivity contribution in [2.45, 2.75) is 13.0 Å². The number of ether oxygens (including phenoxy) is 3. The third kappa shape index (κ3) is 6.21. The van der Waals surface area contributed by atoms with E-state index in [0.717, 1.165) is 5.56 Å². The fourth-order valence-electron chi connectivity index (χ4n) is 4.02. The van der Waals surface area contributed by atoms with Gasteiger partial charge in [0.15, 0.2) is 11.5 Å². The van der Waals surface area contributed by atoms with Crippen LogP contribution in [0.15, 0.2) is 42.5 Å². The van der Waals surface area contributed by atoms with Gasteiger partial charge in [-0.2, -0.15) is 0 Å². The lowest BCUT2D eigenvalue weighted by molar-refractivity contribution is -0.143. The lowest BCUT2D eigenvalue weighted by Gasteiger charge is -2.36. The lowest BCUT2D eigenvalue weighted by Crippen LogP contribution is -2.55. The zero-order chi connectivity index (χ0) is 24.8. The molecule has 3 amide bonds. The number of aryl methyl sites for hydroxylation is 1. The smallest absolute Gasteiger partial charge is 0.267 e. The molecule has 10 nitrogen and oxygen atoms in total. The Balaban J connectivity index is 1.18. The molecule has 0 radical (unpaired) electrons. The van der Waals surface area contributed by atoms with Gasteiger partial charge in [-0.05, 0) is 36.8 Å². The average Bonchev–Trinajstić information content (AvgIpc) is 2.87. The first-order valence-corrected chi connectivity index (χ1v) is 11.5. The second kappa shape index (κ2) is 11.1. The van der Waals surface area contributed by atoms with Crippen LogP contribution in [0, 0.1) is 6.92 Å². The molecular formula is C25H30N4O6. The molecule has 0 saturated carbocycles. The van der Waals surface area contributed by atoms with Gasteiger partial charge in [-0.25, -0.2) is 0 Å². The zero-order valence-electron chi connectivity index (χ0n) is 19.9. The van der Waals surface area contributed by atoms with Crippen LogP contribution < -0.4 is 24.8 Å². The summed E-state index contributed by atoms with van der Waals surface area (Å²) in [5.41, 5.74) is 1.54. The number of piperazine rings is 1. The van der Waals surface area contributed by atoms with Crippen LogP contribution >= 0.6 is 0 Å². The molecule has 2 heterocycles. The van der Waals surface area contributed by atoms with Crippen molar-refractivity contribution in [1.29, 1.82) is 0 Å². The van der Waals surface area contributed by atoms with Crippen LogP contribution in [0.2, 0.25) is 0 Å². The largest absolute Gasteiger partial charge is 0.495 e. The number of benzene rings is 2. The summed E-state index contributed by atoms with van der Waals surface area (Å²) in [7, 11) is 1.53. The molecule has 2 aromatic carbocycles. The highest BCUT2D eigenvalue weighted by Crippen LogP contribution is 2.31. The number of fused-ring (bicyclic) bond motifs is 1. The summed E-state index contributed by atoms with van der Waals surface area (Å²) in [5.74, 6) is 1.05. The third-order valence-corrected chi connectivity index (χ3v) is 5.91. The van der Waals surface area contributed by atoms with Gasteiger partial charge >= 0.3 is 0 Å². The third-order valence-electron chi connectivity index (χ3n) is 5.91. The van der Waals surface area contributed by atoms with Crippen molar-refractivity contribution in [3.63, 3.8) is 0 Å². The van der Waals surface area contributed by atoms with Crippen molar-refractivity contribution in [2.75, 3.05) is 58.3 Å². The Bertz CT molecular complexity index is 1080. The van der Waals surface area contributed by atoms with Crippen LogP contribution in [-0.4, -0.2) is 86.6 Å². The van der Waals surface area contributed by atoms with E-state index < -0.39 is 6.10 Å². The predicted octanol–water partition coefficient (Wildman–Crippen LogP) is 1.04. The molecule has 10 heteroatoms. The van der Waals surface area contributed by atoms with Crippen LogP contribution in [0.4, 0.5) is 5.69 Å². The molecule has 2 aliphatic heterocycles. The summed E-state index contributed by atoms with van der Waals surface area (Å²) in [6.45, 7) is 4.18. The zero-order valence-corrected chi connectivity index (χ0v) is 19.9. The normalized spacial score (nSPS) is 17.4. The predicted molar refractivity (Wildman–Crippen MR) is 129 cm³/mol. The van der Waals surface area contributed by atoms with E-state index in [1.54, 1.807) is 17.0 Å². The number of carbonyl (C=O) groups is 3. The topological polar surface area (TPSA) is 109 Å². The molecule has 2 N–H and O–H groups in total. The van der Waals surface area contributed by atoms with E-state index in [-0.39, 0.29) is 37.4 Å². The van der Waals surface area contributed by atoms with Crippen molar-refractivity contribution in [3.8, 4) is 17.2 Å². The fourth-order valence-corrected chi connectivity index (χ4v) is 4.02. The Morgan fingerprint density at radius 1 is 1.03 bits per heavy atom. The number of hydrogen-bond acceptors (Lipinski definition) is 7. The minimum absolute atomic E-state index is 0.119. The van der Waals surface area contributed by atoms with E-state index in [9.17, 15) is 14.4 Å². The van der Waals surface area contributed by atoms with Crippen molar-refractivity contribution in [1.82, 2.24) is 15.1 Å². The van der Waals surface area contributed by atoms with Crippen LogP contribution in [0.25, 0.3) is 0 Å². The Labute approximate surface area is 204 Å². The second-order valence-electron chi connectivity index (χ2n) is 8.49. The van der Waals surface area contributed by atoms with E-state index in [4.69, 9.17) is 14.2 Å². The van der Waals surface area contributed by atoms with Crippen LogP contribution in [0.3, 0.4) is 0 Å². The fraction of sp³-hybridized carbons (Fsp3) is 0.400. The average molecular weight is 483 g/mol. The standard InChI is InChI=1S/C25H30N4O6/c1-17-7-8-19(33-2)18(13-17)27-23(30)14-26-24(31)15-28-9-11-29(12-10-28)25(32)22-16-34-20-5-3-4-6-21(20)35-22/h3-8,13,22H,9-12,14-16H2,1-2H3,(H,26,31)(H,27,30). The molecule has 1 saturated heterocycles. The monoisotopic (exact) mass is 482 g/mol. The Kier molecular flexibility index (Phi) is 7.71. The van der Waals surface area contributed by atoms with E-state index in [2.05, 4.69) is 10.6 Å². The number of carbonyl (C=O) groups excluding carboxylic acids is 3. The van der Waals surface area contributed by atoms with E-state index in [0.29, 0.717) is 49.1 Å². The summed E-state index contributed by atoms with van der Waals surface area (Å²) in [4.78, 5) is 41.2. The molecule has 4 rings (SSSR count). The van der Waals surface area contributed by atoms with Crippen molar-refractivity contribution in [2.24, 2.45) is 0 Å². The first kappa shape index (κ1) is 24.3. The number of anilines is 1. The first-order chi connectivity index (χ1) is 16.9. The lowest BCUT2D eigenvalue weighted by atomic mass is 10.2. The molecule has 35 heavy (non-hydrogen) atoms. The number of methoxy groups -OCH3 is 1. The molecule has 0 aliphatic carbocycles. The quantitative estimate of drug-likeness (QED) is 0.607. The summed E-state index contributed by atoms with van der Waals surface area (Å²) < 4.78 is 16.7. The maximum atomic E-state index is 12.9. The van der Waals surface area contributed by atoms with Gasteiger partial charge in [0.1, 0.15) is 12.4 Å². The van der Waals surface area contributed by atoms with Crippen LogP contribution in [-0.2, 0) is 14.4 Å². The van der Waals surface area contributed by atoms with Crippen LogP contribution in [0.1, 0.15) is 5.56 Å². The number of nitrogens with zero attached hydrogens (tertiary/aromatic N) is 2. The Hall–Kier alpha value is -3.79. The number of para-hydroxylation sites is 2. The molecule has 1 fully saturated rings. The molecule has 0 aromatic heterocycles.